The lowest BCUT2D eigenvalue weighted by Crippen LogP contribution is -2.29. The van der Waals surface area contributed by atoms with E-state index in [1.54, 1.807) is 24.3 Å². The number of fused-ring (bicyclic) bond motifs is 1. The van der Waals surface area contributed by atoms with E-state index in [1.807, 2.05) is 13.8 Å². The second-order valence-corrected chi connectivity index (χ2v) is 6.77. The molecule has 0 aliphatic carbocycles. The molecule has 1 aromatic heterocycles. The molecule has 1 amide bonds. The highest BCUT2D eigenvalue weighted by atomic mass is 35.5. The summed E-state index contributed by atoms with van der Waals surface area (Å²) in [6.45, 7) is 4.32. The molecule has 134 valence electrons. The Labute approximate surface area is 154 Å². The van der Waals surface area contributed by atoms with Gasteiger partial charge < -0.3 is 5.32 Å². The van der Waals surface area contributed by atoms with Crippen molar-refractivity contribution in [3.05, 3.63) is 69.4 Å². The van der Waals surface area contributed by atoms with E-state index in [0.29, 0.717) is 23.0 Å². The van der Waals surface area contributed by atoms with Crippen LogP contribution in [-0.2, 0) is 6.54 Å². The van der Waals surface area contributed by atoms with Crippen LogP contribution in [0.4, 0.5) is 10.1 Å². The van der Waals surface area contributed by atoms with E-state index < -0.39 is 11.7 Å². The highest BCUT2D eigenvalue weighted by Gasteiger charge is 2.17. The summed E-state index contributed by atoms with van der Waals surface area (Å²) in [6, 6.07) is 10.7. The van der Waals surface area contributed by atoms with Crippen molar-refractivity contribution in [2.45, 2.75) is 20.4 Å². The van der Waals surface area contributed by atoms with Crippen molar-refractivity contribution in [1.29, 1.82) is 0 Å². The third-order valence-electron chi connectivity index (χ3n) is 3.80. The summed E-state index contributed by atoms with van der Waals surface area (Å²) in [6.07, 6.45) is 0. The van der Waals surface area contributed by atoms with Crippen LogP contribution in [0.25, 0.3) is 10.8 Å². The average Bonchev–Trinajstić information content (AvgIpc) is 2.60. The van der Waals surface area contributed by atoms with Crippen molar-refractivity contribution in [1.82, 2.24) is 9.78 Å². The Morgan fingerprint density at radius 3 is 2.58 bits per heavy atom. The predicted octanol–water partition coefficient (Wildman–Crippen LogP) is 4.10. The molecule has 1 heterocycles. The maximum atomic E-state index is 13.3. The van der Waals surface area contributed by atoms with Gasteiger partial charge in [-0.1, -0.05) is 43.6 Å². The maximum Gasteiger partial charge on any atom is 0.276 e. The molecular weight excluding hydrogens is 357 g/mol. The lowest BCUT2D eigenvalue weighted by Gasteiger charge is -2.13. The zero-order valence-electron chi connectivity index (χ0n) is 14.3. The van der Waals surface area contributed by atoms with Gasteiger partial charge in [-0.2, -0.15) is 5.10 Å². The van der Waals surface area contributed by atoms with E-state index in [1.165, 1.54) is 22.9 Å². The molecule has 0 saturated carbocycles. The third-order valence-corrected chi connectivity index (χ3v) is 4.09. The molecule has 0 unspecified atom stereocenters. The van der Waals surface area contributed by atoms with Crippen molar-refractivity contribution in [3.8, 4) is 0 Å². The van der Waals surface area contributed by atoms with Gasteiger partial charge in [0.2, 0.25) is 0 Å². The molecule has 3 aromatic rings. The largest absolute Gasteiger partial charge is 0.321 e. The summed E-state index contributed by atoms with van der Waals surface area (Å²) in [5, 5.41) is 7.70. The fraction of sp³-hybridized carbons (Fsp3) is 0.211. The monoisotopic (exact) mass is 373 g/mol. The van der Waals surface area contributed by atoms with E-state index in [2.05, 4.69) is 10.4 Å². The van der Waals surface area contributed by atoms with Crippen molar-refractivity contribution >= 4 is 34.0 Å². The standard InChI is InChI=1S/C19H17ClFN3O2/c1-11(2)10-24-19(26)14-6-4-3-5-13(14)17(23-24)18(25)22-12-7-8-16(21)15(20)9-12/h3-9,11H,10H2,1-2H3,(H,22,25). The van der Waals surface area contributed by atoms with E-state index in [-0.39, 0.29) is 22.2 Å². The molecule has 0 aliphatic heterocycles. The number of carbonyl (C=O) groups is 1. The molecule has 26 heavy (non-hydrogen) atoms. The lowest BCUT2D eigenvalue weighted by molar-refractivity contribution is 0.102. The summed E-state index contributed by atoms with van der Waals surface area (Å²) in [5.74, 6) is -0.881. The van der Waals surface area contributed by atoms with Gasteiger partial charge in [-0.3, -0.25) is 9.59 Å². The zero-order chi connectivity index (χ0) is 18.8. The fourth-order valence-corrected chi connectivity index (χ4v) is 2.82. The third kappa shape index (κ3) is 3.60. The van der Waals surface area contributed by atoms with Gasteiger partial charge in [-0.25, -0.2) is 9.07 Å². The van der Waals surface area contributed by atoms with Crippen LogP contribution in [0, 0.1) is 11.7 Å². The summed E-state index contributed by atoms with van der Waals surface area (Å²) in [4.78, 5) is 25.3. The topological polar surface area (TPSA) is 64.0 Å². The minimum atomic E-state index is -0.571. The summed E-state index contributed by atoms with van der Waals surface area (Å²) in [5.41, 5.74) is 0.228. The zero-order valence-corrected chi connectivity index (χ0v) is 15.0. The average molecular weight is 374 g/mol. The van der Waals surface area contributed by atoms with Crippen LogP contribution in [0.15, 0.2) is 47.3 Å². The Bertz CT molecular complexity index is 1050. The molecule has 0 aliphatic rings. The first-order valence-corrected chi connectivity index (χ1v) is 8.51. The molecule has 0 fully saturated rings. The molecule has 7 heteroatoms. The molecule has 1 N–H and O–H groups in total. The van der Waals surface area contributed by atoms with Gasteiger partial charge in [0.15, 0.2) is 5.69 Å². The number of rotatable bonds is 4. The Morgan fingerprint density at radius 2 is 1.92 bits per heavy atom. The number of amides is 1. The smallest absolute Gasteiger partial charge is 0.276 e. The number of carbonyl (C=O) groups excluding carboxylic acids is 1. The number of aromatic nitrogens is 2. The van der Waals surface area contributed by atoms with E-state index in [9.17, 15) is 14.0 Å². The van der Waals surface area contributed by atoms with Gasteiger partial charge in [0.1, 0.15) is 5.82 Å². The normalized spacial score (nSPS) is 11.1. The van der Waals surface area contributed by atoms with Gasteiger partial charge in [-0.15, -0.1) is 0 Å². The number of anilines is 1. The second-order valence-electron chi connectivity index (χ2n) is 6.36. The number of nitrogens with zero attached hydrogens (tertiary/aromatic N) is 2. The molecule has 0 bridgehead atoms. The predicted molar refractivity (Wildman–Crippen MR) is 100 cm³/mol. The molecule has 0 spiro atoms. The maximum absolute atomic E-state index is 13.3. The van der Waals surface area contributed by atoms with Gasteiger partial charge in [0, 0.05) is 17.6 Å². The van der Waals surface area contributed by atoms with Gasteiger partial charge in [-0.05, 0) is 30.2 Å². The van der Waals surface area contributed by atoms with Crippen molar-refractivity contribution in [2.24, 2.45) is 5.92 Å². The number of hydrogen-bond acceptors (Lipinski definition) is 3. The molecule has 0 atom stereocenters. The minimum absolute atomic E-state index is 0.0922. The summed E-state index contributed by atoms with van der Waals surface area (Å²) >= 11 is 5.75. The molecule has 2 aromatic carbocycles. The van der Waals surface area contributed by atoms with Crippen molar-refractivity contribution < 1.29 is 9.18 Å². The highest BCUT2D eigenvalue weighted by Crippen LogP contribution is 2.21. The van der Waals surface area contributed by atoms with Crippen LogP contribution in [0.2, 0.25) is 5.02 Å². The number of nitrogens with one attached hydrogen (secondary N) is 1. The quantitative estimate of drug-likeness (QED) is 0.748. The molecule has 0 radical (unpaired) electrons. The molecule has 0 saturated heterocycles. The van der Waals surface area contributed by atoms with Crippen LogP contribution in [0.1, 0.15) is 24.3 Å². The van der Waals surface area contributed by atoms with Crippen molar-refractivity contribution in [3.63, 3.8) is 0 Å². The first-order valence-electron chi connectivity index (χ1n) is 8.13. The summed E-state index contributed by atoms with van der Waals surface area (Å²) in [7, 11) is 0. The van der Waals surface area contributed by atoms with Gasteiger partial charge in [0.25, 0.3) is 11.5 Å². The Kier molecular flexibility index (Phi) is 5.04. The minimum Gasteiger partial charge on any atom is -0.321 e. The highest BCUT2D eigenvalue weighted by molar-refractivity contribution is 6.31. The van der Waals surface area contributed by atoms with Crippen LogP contribution in [-0.4, -0.2) is 15.7 Å². The second kappa shape index (κ2) is 7.25. The first kappa shape index (κ1) is 18.1. The van der Waals surface area contributed by atoms with E-state index >= 15 is 0 Å². The SMILES string of the molecule is CC(C)Cn1nc(C(=O)Nc2ccc(F)c(Cl)c2)c2ccccc2c1=O. The number of benzene rings is 2. The van der Waals surface area contributed by atoms with Crippen LogP contribution in [0.5, 0.6) is 0 Å². The van der Waals surface area contributed by atoms with E-state index in [0.717, 1.165) is 0 Å². The first-order chi connectivity index (χ1) is 12.4. The Hall–Kier alpha value is -2.73. The van der Waals surface area contributed by atoms with Crippen LogP contribution in [0.3, 0.4) is 0 Å². The van der Waals surface area contributed by atoms with Gasteiger partial charge >= 0.3 is 0 Å². The molecule has 3 rings (SSSR count). The number of hydrogen-bond donors (Lipinski definition) is 1. The van der Waals surface area contributed by atoms with E-state index in [4.69, 9.17) is 11.6 Å². The van der Waals surface area contributed by atoms with Gasteiger partial charge in [0.05, 0.1) is 10.4 Å². The number of halogens is 2. The Morgan fingerprint density at radius 1 is 1.23 bits per heavy atom. The van der Waals surface area contributed by atoms with Crippen molar-refractivity contribution in [2.75, 3.05) is 5.32 Å². The Balaban J connectivity index is 2.07. The van der Waals surface area contributed by atoms with Crippen LogP contribution < -0.4 is 10.9 Å². The summed E-state index contributed by atoms with van der Waals surface area (Å²) < 4.78 is 14.6. The van der Waals surface area contributed by atoms with Crippen LogP contribution >= 0.6 is 11.6 Å². The molecular formula is C19H17ClFN3O2. The lowest BCUT2D eigenvalue weighted by atomic mass is 10.1. The molecule has 5 nitrogen and oxygen atoms in total. The fourth-order valence-electron chi connectivity index (χ4n) is 2.64.